The number of aliphatic hydroxyl groups is 1. The Bertz CT molecular complexity index is 463. The van der Waals surface area contributed by atoms with E-state index in [0.717, 1.165) is 39.6 Å². The summed E-state index contributed by atoms with van der Waals surface area (Å²) >= 11 is 6.90. The summed E-state index contributed by atoms with van der Waals surface area (Å²) in [5.74, 6) is 0. The Labute approximate surface area is 124 Å². The van der Waals surface area contributed by atoms with Crippen molar-refractivity contribution in [3.05, 3.63) is 38.8 Å². The molecule has 0 fully saturated rings. The van der Waals surface area contributed by atoms with Crippen LogP contribution in [0.1, 0.15) is 18.4 Å². The molecule has 2 atom stereocenters. The molecule has 0 spiro atoms. The van der Waals surface area contributed by atoms with E-state index >= 15 is 0 Å². The maximum Gasteiger partial charge on any atom is 0.0722 e. The Kier molecular flexibility index (Phi) is 4.84. The van der Waals surface area contributed by atoms with Crippen molar-refractivity contribution in [2.75, 3.05) is 5.73 Å². The fourth-order valence-corrected chi connectivity index (χ4v) is 3.31. The average molecular weight is 376 g/mol. The summed E-state index contributed by atoms with van der Waals surface area (Å²) in [6, 6.07) is 4.27. The lowest BCUT2D eigenvalue weighted by Crippen LogP contribution is -2.30. The molecule has 4 N–H and O–H groups in total. The molecule has 0 bridgehead atoms. The summed E-state index contributed by atoms with van der Waals surface area (Å²) in [5, 5.41) is 12.8. The quantitative estimate of drug-likeness (QED) is 0.562. The number of anilines is 1. The van der Waals surface area contributed by atoms with Gasteiger partial charge in [0.05, 0.1) is 11.8 Å². The van der Waals surface area contributed by atoms with E-state index in [4.69, 9.17) is 5.73 Å². The van der Waals surface area contributed by atoms with Crippen molar-refractivity contribution in [2.24, 2.45) is 0 Å². The summed E-state index contributed by atoms with van der Waals surface area (Å²) in [6.07, 6.45) is 5.35. The standard InChI is InChI=1S/C13H16Br2N2O/c14-9-5-8(13(16)12(15)6-9)7-17-10-1-3-11(18)4-2-10/h1,3,5-6,10-11,17-18H,2,4,7,16H2/t10-,11-/m0/s1. The first-order chi connectivity index (χ1) is 8.56. The molecule has 0 saturated carbocycles. The van der Waals surface area contributed by atoms with E-state index in [-0.39, 0.29) is 6.10 Å². The highest BCUT2D eigenvalue weighted by molar-refractivity contribution is 9.11. The second-order valence-corrected chi connectivity index (χ2v) is 6.25. The molecule has 2 rings (SSSR count). The fourth-order valence-electron chi connectivity index (χ4n) is 2.00. The molecular weight excluding hydrogens is 360 g/mol. The number of hydrogen-bond acceptors (Lipinski definition) is 3. The van der Waals surface area contributed by atoms with Crippen LogP contribution in [0.5, 0.6) is 0 Å². The van der Waals surface area contributed by atoms with Crippen molar-refractivity contribution in [1.82, 2.24) is 5.32 Å². The topological polar surface area (TPSA) is 58.3 Å². The van der Waals surface area contributed by atoms with Gasteiger partial charge in [0.25, 0.3) is 0 Å². The van der Waals surface area contributed by atoms with E-state index in [1.54, 1.807) is 0 Å². The number of nitrogen functional groups attached to an aromatic ring is 1. The van der Waals surface area contributed by atoms with Gasteiger partial charge >= 0.3 is 0 Å². The lowest BCUT2D eigenvalue weighted by atomic mass is 10.0. The Morgan fingerprint density at radius 3 is 2.72 bits per heavy atom. The van der Waals surface area contributed by atoms with Crippen LogP contribution in [0.3, 0.4) is 0 Å². The van der Waals surface area contributed by atoms with Gasteiger partial charge in [-0.2, -0.15) is 0 Å². The second kappa shape index (κ2) is 6.19. The summed E-state index contributed by atoms with van der Waals surface area (Å²) in [6.45, 7) is 0.717. The van der Waals surface area contributed by atoms with E-state index < -0.39 is 0 Å². The summed E-state index contributed by atoms with van der Waals surface area (Å²) in [7, 11) is 0. The zero-order valence-electron chi connectivity index (χ0n) is 9.87. The molecule has 0 amide bonds. The maximum absolute atomic E-state index is 9.38. The number of benzene rings is 1. The van der Waals surface area contributed by atoms with Crippen molar-refractivity contribution in [3.8, 4) is 0 Å². The van der Waals surface area contributed by atoms with Gasteiger partial charge in [0, 0.05) is 21.5 Å². The maximum atomic E-state index is 9.38. The lowest BCUT2D eigenvalue weighted by molar-refractivity contribution is 0.198. The van der Waals surface area contributed by atoms with E-state index in [2.05, 4.69) is 37.2 Å². The molecule has 98 valence electrons. The van der Waals surface area contributed by atoms with Crippen LogP contribution in [0.15, 0.2) is 33.2 Å². The predicted molar refractivity (Wildman–Crippen MR) is 81.3 cm³/mol. The number of aliphatic hydroxyl groups excluding tert-OH is 1. The zero-order valence-corrected chi connectivity index (χ0v) is 13.0. The molecule has 0 aliphatic heterocycles. The Morgan fingerprint density at radius 2 is 2.06 bits per heavy atom. The molecule has 0 radical (unpaired) electrons. The van der Waals surface area contributed by atoms with Crippen LogP contribution in [0.4, 0.5) is 5.69 Å². The SMILES string of the molecule is Nc1c(Br)cc(Br)cc1CN[C@H]1C=C[C@H](O)CC1. The van der Waals surface area contributed by atoms with Gasteiger partial charge in [0.1, 0.15) is 0 Å². The van der Waals surface area contributed by atoms with Crippen molar-refractivity contribution < 1.29 is 5.11 Å². The van der Waals surface area contributed by atoms with Gasteiger partial charge in [0.2, 0.25) is 0 Å². The zero-order chi connectivity index (χ0) is 13.1. The van der Waals surface area contributed by atoms with E-state index in [9.17, 15) is 5.11 Å². The minimum atomic E-state index is -0.284. The van der Waals surface area contributed by atoms with Crippen LogP contribution < -0.4 is 11.1 Å². The fraction of sp³-hybridized carbons (Fsp3) is 0.385. The van der Waals surface area contributed by atoms with Crippen LogP contribution in [0, 0.1) is 0 Å². The van der Waals surface area contributed by atoms with Crippen molar-refractivity contribution in [1.29, 1.82) is 0 Å². The summed E-state index contributed by atoms with van der Waals surface area (Å²) in [5.41, 5.74) is 7.86. The van der Waals surface area contributed by atoms with Gasteiger partial charge in [-0.05, 0) is 46.5 Å². The molecule has 0 saturated heterocycles. The van der Waals surface area contributed by atoms with Crippen molar-refractivity contribution >= 4 is 37.5 Å². The highest BCUT2D eigenvalue weighted by Gasteiger charge is 2.14. The first-order valence-corrected chi connectivity index (χ1v) is 7.48. The van der Waals surface area contributed by atoms with Crippen LogP contribution in [-0.2, 0) is 6.54 Å². The first-order valence-electron chi connectivity index (χ1n) is 5.89. The minimum absolute atomic E-state index is 0.284. The van der Waals surface area contributed by atoms with Crippen LogP contribution in [-0.4, -0.2) is 17.3 Å². The summed E-state index contributed by atoms with van der Waals surface area (Å²) < 4.78 is 1.92. The highest BCUT2D eigenvalue weighted by Crippen LogP contribution is 2.28. The number of halogens is 2. The Morgan fingerprint density at radius 1 is 1.28 bits per heavy atom. The predicted octanol–water partition coefficient (Wildman–Crippen LogP) is 2.96. The third-order valence-electron chi connectivity index (χ3n) is 3.07. The Balaban J connectivity index is 2.00. The van der Waals surface area contributed by atoms with Gasteiger partial charge in [-0.1, -0.05) is 28.1 Å². The van der Waals surface area contributed by atoms with Crippen LogP contribution in [0.25, 0.3) is 0 Å². The summed E-state index contributed by atoms with van der Waals surface area (Å²) in [4.78, 5) is 0. The number of nitrogens with two attached hydrogens (primary N) is 1. The number of hydrogen-bond donors (Lipinski definition) is 3. The molecule has 1 aromatic rings. The third kappa shape index (κ3) is 3.57. The molecule has 1 aromatic carbocycles. The molecule has 1 aliphatic carbocycles. The van der Waals surface area contributed by atoms with Gasteiger partial charge < -0.3 is 16.2 Å². The van der Waals surface area contributed by atoms with Crippen LogP contribution >= 0.6 is 31.9 Å². The largest absolute Gasteiger partial charge is 0.398 e. The van der Waals surface area contributed by atoms with E-state index in [1.165, 1.54) is 0 Å². The molecule has 3 nitrogen and oxygen atoms in total. The van der Waals surface area contributed by atoms with Gasteiger partial charge in [-0.3, -0.25) is 0 Å². The molecule has 1 aliphatic rings. The molecule has 0 aromatic heterocycles. The highest BCUT2D eigenvalue weighted by atomic mass is 79.9. The molecule has 18 heavy (non-hydrogen) atoms. The van der Waals surface area contributed by atoms with E-state index in [1.807, 2.05) is 24.3 Å². The third-order valence-corrected chi connectivity index (χ3v) is 4.19. The molecule has 0 heterocycles. The lowest BCUT2D eigenvalue weighted by Gasteiger charge is -2.21. The number of nitrogens with one attached hydrogen (secondary N) is 1. The second-order valence-electron chi connectivity index (χ2n) is 4.48. The monoisotopic (exact) mass is 374 g/mol. The van der Waals surface area contributed by atoms with E-state index in [0.29, 0.717) is 6.04 Å². The van der Waals surface area contributed by atoms with Crippen LogP contribution in [0.2, 0.25) is 0 Å². The average Bonchev–Trinajstić information content (AvgIpc) is 2.34. The van der Waals surface area contributed by atoms with Crippen molar-refractivity contribution in [2.45, 2.75) is 31.5 Å². The minimum Gasteiger partial charge on any atom is -0.398 e. The van der Waals surface area contributed by atoms with Gasteiger partial charge in [-0.15, -0.1) is 0 Å². The number of rotatable bonds is 3. The van der Waals surface area contributed by atoms with Gasteiger partial charge in [0.15, 0.2) is 0 Å². The smallest absolute Gasteiger partial charge is 0.0722 e. The molecular formula is C13H16Br2N2O. The van der Waals surface area contributed by atoms with Gasteiger partial charge in [-0.25, -0.2) is 0 Å². The van der Waals surface area contributed by atoms with Crippen molar-refractivity contribution in [3.63, 3.8) is 0 Å². The molecule has 0 unspecified atom stereocenters. The normalized spacial score (nSPS) is 23.3. The molecule has 5 heteroatoms. The first kappa shape index (κ1) is 14.1. The Hall–Kier alpha value is -0.360.